The number of hydrogen-bond donors (Lipinski definition) is 1. The zero-order valence-corrected chi connectivity index (χ0v) is 12.1. The maximum absolute atomic E-state index is 12.2. The van der Waals surface area contributed by atoms with Gasteiger partial charge >= 0.3 is 0 Å². The number of rotatable bonds is 3. The van der Waals surface area contributed by atoms with Gasteiger partial charge in [0.05, 0.1) is 27.1 Å². The predicted molar refractivity (Wildman–Crippen MR) is 78.1 cm³/mol. The molecule has 0 amide bonds. The molecule has 0 aliphatic rings. The molecule has 0 radical (unpaired) electrons. The first kappa shape index (κ1) is 14.9. The smallest absolute Gasteiger partial charge is 0.261 e. The van der Waals surface area contributed by atoms with Crippen molar-refractivity contribution in [2.24, 2.45) is 0 Å². The van der Waals surface area contributed by atoms with Gasteiger partial charge in [0.15, 0.2) is 0 Å². The number of anilines is 1. The molecule has 0 bridgehead atoms. The highest BCUT2D eigenvalue weighted by molar-refractivity contribution is 7.92. The predicted octanol–water partition coefficient (Wildman–Crippen LogP) is 2.88. The van der Waals surface area contributed by atoms with Crippen LogP contribution in [0.3, 0.4) is 0 Å². The third-order valence-corrected chi connectivity index (χ3v) is 4.33. The Bertz CT molecular complexity index is 863. The molecule has 0 heterocycles. The summed E-state index contributed by atoms with van der Waals surface area (Å²) < 4.78 is 26.8. The first-order valence-corrected chi connectivity index (χ1v) is 7.55. The molecular weight excluding hydrogens is 310 g/mol. The lowest BCUT2D eigenvalue weighted by Gasteiger charge is -2.08. The second-order valence-electron chi connectivity index (χ2n) is 4.05. The van der Waals surface area contributed by atoms with Crippen LogP contribution in [0.1, 0.15) is 11.1 Å². The van der Waals surface area contributed by atoms with Crippen LogP contribution in [-0.4, -0.2) is 8.42 Å². The van der Waals surface area contributed by atoms with Gasteiger partial charge in [-0.2, -0.15) is 10.5 Å². The van der Waals surface area contributed by atoms with E-state index in [2.05, 4.69) is 4.72 Å². The number of benzene rings is 2. The Kier molecular flexibility index (Phi) is 4.13. The van der Waals surface area contributed by atoms with E-state index < -0.39 is 10.0 Å². The molecule has 0 saturated heterocycles. The molecule has 2 aromatic rings. The zero-order valence-electron chi connectivity index (χ0n) is 10.5. The van der Waals surface area contributed by atoms with E-state index in [-0.39, 0.29) is 15.5 Å². The van der Waals surface area contributed by atoms with E-state index in [4.69, 9.17) is 22.1 Å². The van der Waals surface area contributed by atoms with Crippen LogP contribution >= 0.6 is 11.6 Å². The minimum absolute atomic E-state index is 0.0455. The molecule has 5 nitrogen and oxygen atoms in total. The normalized spacial score (nSPS) is 10.4. The van der Waals surface area contributed by atoms with E-state index >= 15 is 0 Å². The molecule has 21 heavy (non-hydrogen) atoms. The Labute approximate surface area is 127 Å². The number of halogens is 1. The summed E-state index contributed by atoms with van der Waals surface area (Å²) in [4.78, 5) is -0.0455. The lowest BCUT2D eigenvalue weighted by Crippen LogP contribution is -2.13. The fourth-order valence-electron chi connectivity index (χ4n) is 1.58. The van der Waals surface area contributed by atoms with Gasteiger partial charge < -0.3 is 0 Å². The maximum atomic E-state index is 12.2. The minimum atomic E-state index is -3.81. The molecule has 1 N–H and O–H groups in total. The SMILES string of the molecule is N#Cc1ccc(NS(=O)(=O)c2ccc(C#N)c(Cl)c2)cc1. The van der Waals surface area contributed by atoms with Gasteiger partial charge in [-0.3, -0.25) is 4.72 Å². The van der Waals surface area contributed by atoms with Crippen molar-refractivity contribution in [3.05, 3.63) is 58.6 Å². The second-order valence-corrected chi connectivity index (χ2v) is 6.14. The Hall–Kier alpha value is -2.54. The number of hydrogen-bond acceptors (Lipinski definition) is 4. The molecule has 0 aliphatic carbocycles. The molecule has 2 aromatic carbocycles. The number of sulfonamides is 1. The average Bonchev–Trinajstić information content (AvgIpc) is 2.47. The van der Waals surface area contributed by atoms with Gasteiger partial charge in [-0.15, -0.1) is 0 Å². The van der Waals surface area contributed by atoms with Crippen LogP contribution in [-0.2, 0) is 10.0 Å². The first-order chi connectivity index (χ1) is 9.96. The summed E-state index contributed by atoms with van der Waals surface area (Å²) in [6, 6.07) is 13.6. The lowest BCUT2D eigenvalue weighted by atomic mass is 10.2. The van der Waals surface area contributed by atoms with Crippen molar-refractivity contribution < 1.29 is 8.42 Å². The third kappa shape index (κ3) is 3.32. The fraction of sp³-hybridized carbons (Fsp3) is 0. The summed E-state index contributed by atoms with van der Waals surface area (Å²) in [5.41, 5.74) is 0.961. The van der Waals surface area contributed by atoms with Gasteiger partial charge in [0.1, 0.15) is 6.07 Å². The van der Waals surface area contributed by atoms with Crippen LogP contribution in [0, 0.1) is 22.7 Å². The molecule has 0 fully saturated rings. The van der Waals surface area contributed by atoms with Crippen LogP contribution in [0.5, 0.6) is 0 Å². The topological polar surface area (TPSA) is 93.8 Å². The first-order valence-electron chi connectivity index (χ1n) is 5.69. The van der Waals surface area contributed by atoms with Gasteiger partial charge in [-0.1, -0.05) is 11.6 Å². The Morgan fingerprint density at radius 2 is 1.67 bits per heavy atom. The highest BCUT2D eigenvalue weighted by atomic mass is 35.5. The number of nitrogens with zero attached hydrogens (tertiary/aromatic N) is 2. The van der Waals surface area contributed by atoms with Gasteiger partial charge in [-0.05, 0) is 42.5 Å². The molecule has 7 heteroatoms. The van der Waals surface area contributed by atoms with E-state index in [0.717, 1.165) is 0 Å². The zero-order chi connectivity index (χ0) is 15.5. The van der Waals surface area contributed by atoms with Crippen LogP contribution in [0.15, 0.2) is 47.4 Å². The second kappa shape index (κ2) is 5.84. The quantitative estimate of drug-likeness (QED) is 0.941. The molecule has 2 rings (SSSR count). The van der Waals surface area contributed by atoms with E-state index in [1.165, 1.54) is 42.5 Å². The molecule has 104 valence electrons. The summed E-state index contributed by atoms with van der Waals surface area (Å²) in [5.74, 6) is 0. The van der Waals surface area contributed by atoms with Crippen molar-refractivity contribution >= 4 is 27.3 Å². The Morgan fingerprint density at radius 3 is 2.19 bits per heavy atom. The van der Waals surface area contributed by atoms with Crippen LogP contribution in [0.2, 0.25) is 5.02 Å². The highest BCUT2D eigenvalue weighted by Crippen LogP contribution is 2.22. The molecule has 0 spiro atoms. The average molecular weight is 318 g/mol. The summed E-state index contributed by atoms with van der Waals surface area (Å²) in [6.07, 6.45) is 0. The number of nitrogens with one attached hydrogen (secondary N) is 1. The Morgan fingerprint density at radius 1 is 1.00 bits per heavy atom. The van der Waals surface area contributed by atoms with Crippen molar-refractivity contribution in [3.8, 4) is 12.1 Å². The molecule has 0 aliphatic heterocycles. The van der Waals surface area contributed by atoms with Crippen LogP contribution in [0.25, 0.3) is 0 Å². The summed E-state index contributed by atoms with van der Waals surface area (Å²) >= 11 is 5.83. The minimum Gasteiger partial charge on any atom is -0.280 e. The van der Waals surface area contributed by atoms with Gasteiger partial charge in [-0.25, -0.2) is 8.42 Å². The largest absolute Gasteiger partial charge is 0.280 e. The summed E-state index contributed by atoms with van der Waals surface area (Å²) in [5, 5.41) is 17.5. The monoisotopic (exact) mass is 317 g/mol. The molecule has 0 atom stereocenters. The lowest BCUT2D eigenvalue weighted by molar-refractivity contribution is 0.601. The van der Waals surface area contributed by atoms with Crippen molar-refractivity contribution in [2.75, 3.05) is 4.72 Å². The van der Waals surface area contributed by atoms with E-state index in [1.54, 1.807) is 0 Å². The number of nitriles is 2. The van der Waals surface area contributed by atoms with Crippen molar-refractivity contribution in [1.29, 1.82) is 10.5 Å². The van der Waals surface area contributed by atoms with Crippen molar-refractivity contribution in [3.63, 3.8) is 0 Å². The van der Waals surface area contributed by atoms with E-state index in [1.807, 2.05) is 12.1 Å². The third-order valence-electron chi connectivity index (χ3n) is 2.64. The maximum Gasteiger partial charge on any atom is 0.261 e. The fourth-order valence-corrected chi connectivity index (χ4v) is 2.95. The van der Waals surface area contributed by atoms with Gasteiger partial charge in [0.25, 0.3) is 10.0 Å². The highest BCUT2D eigenvalue weighted by Gasteiger charge is 2.15. The molecule has 0 aromatic heterocycles. The van der Waals surface area contributed by atoms with Gasteiger partial charge in [0, 0.05) is 5.69 Å². The van der Waals surface area contributed by atoms with Crippen molar-refractivity contribution in [2.45, 2.75) is 4.90 Å². The van der Waals surface area contributed by atoms with Crippen molar-refractivity contribution in [1.82, 2.24) is 0 Å². The Balaban J connectivity index is 2.32. The van der Waals surface area contributed by atoms with Crippen LogP contribution in [0.4, 0.5) is 5.69 Å². The molecular formula is C14H8ClN3O2S. The summed E-state index contributed by atoms with van der Waals surface area (Å²) in [7, 11) is -3.81. The standard InChI is InChI=1S/C14H8ClN3O2S/c15-14-7-13(6-3-11(14)9-17)21(19,20)18-12-4-1-10(8-16)2-5-12/h1-7,18H. The van der Waals surface area contributed by atoms with E-state index in [9.17, 15) is 8.42 Å². The molecule has 0 unspecified atom stereocenters. The van der Waals surface area contributed by atoms with E-state index in [0.29, 0.717) is 11.3 Å². The molecule has 0 saturated carbocycles. The van der Waals surface area contributed by atoms with Gasteiger partial charge in [0.2, 0.25) is 0 Å². The summed E-state index contributed by atoms with van der Waals surface area (Å²) in [6.45, 7) is 0. The van der Waals surface area contributed by atoms with Crippen LogP contribution < -0.4 is 4.72 Å².